The van der Waals surface area contributed by atoms with Gasteiger partial charge in [0.05, 0.1) is 34.2 Å². The van der Waals surface area contributed by atoms with Crippen LogP contribution in [0.4, 0.5) is 9.59 Å². The van der Waals surface area contributed by atoms with Crippen molar-refractivity contribution in [2.24, 2.45) is 11.5 Å². The molecular weight excluding hydrogens is 809 g/mol. The molecule has 8 aromatic rings. The molecule has 320 valence electrons. The van der Waals surface area contributed by atoms with E-state index in [0.29, 0.717) is 48.7 Å². The Morgan fingerprint density at radius 2 is 0.922 bits per heavy atom. The lowest BCUT2D eigenvalue weighted by Gasteiger charge is -2.27. The predicted molar refractivity (Wildman–Crippen MR) is 241 cm³/mol. The number of rotatable bonds is 10. The first-order valence-electron chi connectivity index (χ1n) is 21.3. The van der Waals surface area contributed by atoms with E-state index in [-0.39, 0.29) is 23.9 Å². The maximum absolute atomic E-state index is 13.9. The maximum atomic E-state index is 13.9. The second kappa shape index (κ2) is 16.7. The maximum Gasteiger partial charge on any atom is 0.405 e. The van der Waals surface area contributed by atoms with Crippen molar-refractivity contribution in [2.75, 3.05) is 13.1 Å². The molecule has 64 heavy (non-hydrogen) atoms. The first kappa shape index (κ1) is 40.1. The minimum absolute atomic E-state index is 0.310. The average Bonchev–Trinajstić information content (AvgIpc) is 4.15. The van der Waals surface area contributed by atoms with Crippen LogP contribution in [0.5, 0.6) is 0 Å². The van der Waals surface area contributed by atoms with Gasteiger partial charge >= 0.3 is 12.2 Å². The Bertz CT molecular complexity index is 2870. The summed E-state index contributed by atoms with van der Waals surface area (Å²) in [6.07, 6.45) is -1.31. The van der Waals surface area contributed by atoms with Crippen LogP contribution in [-0.4, -0.2) is 66.8 Å². The third-order valence-electron chi connectivity index (χ3n) is 12.3. The lowest BCUT2D eigenvalue weighted by molar-refractivity contribution is -0.142. The van der Waals surface area contributed by atoms with Crippen LogP contribution >= 0.6 is 0 Å². The Morgan fingerprint density at radius 3 is 1.33 bits per heavy atom. The standard InChI is InChI=1S/C50H44N8O6/c51-49(61)63-43(29-9-3-1-4-10-29)47(59)57-23-7-13-41(57)45-53-37-21-19-35(27-39(37)55-45)33-17-15-32-26-34(18-16-31(32)25-33)36-20-22-38-40(28-36)56-46(54-38)42-14-8-24-58(42)48(60)44(64-50(52)62)30-11-5-2-6-12-30/h1-6,9-12,15-22,25-28,41-44H,7-8,13-14,23-24H2,(H2,51,61)(H2,52,62)(H,53,55)(H,54,56)/t41-,42-,43+,44+/m0/s1. The van der Waals surface area contributed by atoms with Crippen molar-refractivity contribution in [3.8, 4) is 22.3 Å². The number of hydrogen-bond acceptors (Lipinski definition) is 8. The summed E-state index contributed by atoms with van der Waals surface area (Å²) in [7, 11) is 0. The molecule has 0 bridgehead atoms. The van der Waals surface area contributed by atoms with Gasteiger partial charge in [-0.3, -0.25) is 9.59 Å². The van der Waals surface area contributed by atoms with Gasteiger partial charge in [-0.05, 0) is 95.1 Å². The third-order valence-corrected chi connectivity index (χ3v) is 12.3. The molecule has 2 saturated heterocycles. The van der Waals surface area contributed by atoms with E-state index in [1.54, 1.807) is 58.3 Å². The number of carbonyl (C=O) groups is 4. The third kappa shape index (κ3) is 7.74. The molecule has 0 aliphatic carbocycles. The smallest absolute Gasteiger partial charge is 0.405 e. The number of nitrogens with zero attached hydrogens (tertiary/aromatic N) is 4. The van der Waals surface area contributed by atoms with E-state index < -0.39 is 24.4 Å². The van der Waals surface area contributed by atoms with Crippen molar-refractivity contribution in [1.82, 2.24) is 29.7 Å². The van der Waals surface area contributed by atoms with Gasteiger partial charge in [0.25, 0.3) is 11.8 Å². The molecule has 10 rings (SSSR count). The van der Waals surface area contributed by atoms with Crippen molar-refractivity contribution in [1.29, 1.82) is 0 Å². The summed E-state index contributed by atoms with van der Waals surface area (Å²) < 4.78 is 10.7. The number of H-pyrrole nitrogens is 2. The number of benzene rings is 6. The molecule has 6 N–H and O–H groups in total. The number of hydrogen-bond donors (Lipinski definition) is 4. The molecule has 2 aliphatic heterocycles. The quantitative estimate of drug-likeness (QED) is 0.104. The molecule has 2 aromatic heterocycles. The van der Waals surface area contributed by atoms with Gasteiger partial charge in [0.15, 0.2) is 0 Å². The van der Waals surface area contributed by atoms with Gasteiger partial charge < -0.3 is 40.7 Å². The zero-order valence-electron chi connectivity index (χ0n) is 34.6. The monoisotopic (exact) mass is 852 g/mol. The van der Waals surface area contributed by atoms with Gasteiger partial charge in [-0.2, -0.15) is 0 Å². The molecule has 0 radical (unpaired) electrons. The molecule has 0 saturated carbocycles. The summed E-state index contributed by atoms with van der Waals surface area (Å²) >= 11 is 0. The van der Waals surface area contributed by atoms with Crippen molar-refractivity contribution in [3.63, 3.8) is 0 Å². The van der Waals surface area contributed by atoms with Gasteiger partial charge in [0, 0.05) is 24.2 Å². The fourth-order valence-electron chi connectivity index (χ4n) is 9.28. The van der Waals surface area contributed by atoms with Gasteiger partial charge in [-0.25, -0.2) is 19.6 Å². The lowest BCUT2D eigenvalue weighted by Crippen LogP contribution is -2.37. The molecule has 0 unspecified atom stereocenters. The van der Waals surface area contributed by atoms with Crippen molar-refractivity contribution < 1.29 is 28.7 Å². The number of imidazole rings is 2. The van der Waals surface area contributed by atoms with Crippen LogP contribution in [0.2, 0.25) is 0 Å². The zero-order valence-corrected chi connectivity index (χ0v) is 34.6. The topological polar surface area (TPSA) is 203 Å². The molecule has 4 atom stereocenters. The zero-order chi connectivity index (χ0) is 43.9. The fourth-order valence-corrected chi connectivity index (χ4v) is 9.28. The Morgan fingerprint density at radius 1 is 0.531 bits per heavy atom. The van der Waals surface area contributed by atoms with E-state index in [4.69, 9.17) is 30.9 Å². The van der Waals surface area contributed by atoms with Crippen LogP contribution in [0.15, 0.2) is 133 Å². The van der Waals surface area contributed by atoms with Crippen LogP contribution in [-0.2, 0) is 19.1 Å². The largest absolute Gasteiger partial charge is 0.431 e. The SMILES string of the molecule is NC(=O)O[C@@H](C(=O)N1CCC[C@H]1c1nc2ccc(-c3ccc4cc(-c5ccc6nc([C@@H]7CCCN7C(=O)[C@H](OC(N)=O)c7ccccc7)[nH]c6c5)ccc4c3)cc2[nH]1)c1ccccc1. The average molecular weight is 853 g/mol. The van der Waals surface area contributed by atoms with Crippen LogP contribution in [0.1, 0.15) is 72.8 Å². The Kier molecular flexibility index (Phi) is 10.5. The molecule has 4 amide bonds. The molecule has 14 nitrogen and oxygen atoms in total. The molecule has 4 heterocycles. The summed E-state index contributed by atoms with van der Waals surface area (Å²) in [5.74, 6) is 0.690. The lowest BCUT2D eigenvalue weighted by atomic mass is 9.97. The second-order valence-corrected chi connectivity index (χ2v) is 16.3. The van der Waals surface area contributed by atoms with E-state index in [2.05, 4.69) is 70.6 Å². The van der Waals surface area contributed by atoms with Crippen molar-refractivity contribution >= 4 is 56.8 Å². The van der Waals surface area contributed by atoms with Crippen LogP contribution in [0.3, 0.4) is 0 Å². The number of ether oxygens (including phenoxy) is 2. The molecule has 2 aliphatic rings. The summed E-state index contributed by atoms with van der Waals surface area (Å²) in [5, 5.41) is 2.17. The Labute approximate surface area is 367 Å². The van der Waals surface area contributed by atoms with Crippen molar-refractivity contribution in [2.45, 2.75) is 50.0 Å². The predicted octanol–water partition coefficient (Wildman–Crippen LogP) is 8.93. The highest BCUT2D eigenvalue weighted by Gasteiger charge is 2.39. The van der Waals surface area contributed by atoms with Gasteiger partial charge in [-0.1, -0.05) is 97.1 Å². The second-order valence-electron chi connectivity index (χ2n) is 16.3. The van der Waals surface area contributed by atoms with E-state index >= 15 is 0 Å². The Balaban J connectivity index is 0.864. The number of nitrogens with one attached hydrogen (secondary N) is 2. The highest BCUT2D eigenvalue weighted by Crippen LogP contribution is 2.38. The minimum Gasteiger partial charge on any atom is -0.431 e. The van der Waals surface area contributed by atoms with Gasteiger partial charge in [-0.15, -0.1) is 0 Å². The van der Waals surface area contributed by atoms with E-state index in [9.17, 15) is 19.2 Å². The first-order valence-corrected chi connectivity index (χ1v) is 21.3. The minimum atomic E-state index is -1.14. The summed E-state index contributed by atoms with van der Waals surface area (Å²) in [6, 6.07) is 42.2. The number of nitrogens with two attached hydrogens (primary N) is 2. The molecule has 6 aromatic carbocycles. The summed E-state index contributed by atoms with van der Waals surface area (Å²) in [6.45, 7) is 1.01. The number of aromatic nitrogens is 4. The number of fused-ring (bicyclic) bond motifs is 3. The van der Waals surface area contributed by atoms with Crippen LogP contribution in [0, 0.1) is 0 Å². The number of amides is 4. The van der Waals surface area contributed by atoms with Gasteiger partial charge in [0.2, 0.25) is 12.2 Å². The number of primary amides is 2. The molecule has 2 fully saturated rings. The highest BCUT2D eigenvalue weighted by molar-refractivity contribution is 5.93. The summed E-state index contributed by atoms with van der Waals surface area (Å²) in [4.78, 5) is 71.6. The van der Waals surface area contributed by atoms with Crippen LogP contribution < -0.4 is 11.5 Å². The first-order chi connectivity index (χ1) is 31.2. The summed E-state index contributed by atoms with van der Waals surface area (Å²) in [5.41, 5.74) is 19.3. The number of likely N-dealkylation sites (tertiary alicyclic amines) is 2. The number of aromatic amines is 2. The van der Waals surface area contributed by atoms with E-state index in [0.717, 1.165) is 67.9 Å². The molecule has 0 spiro atoms. The Hall–Kier alpha value is -8.00. The molecular formula is C50H44N8O6. The van der Waals surface area contributed by atoms with Crippen molar-refractivity contribution in [3.05, 3.63) is 156 Å². The van der Waals surface area contributed by atoms with E-state index in [1.165, 1.54) is 0 Å². The highest BCUT2D eigenvalue weighted by atomic mass is 16.6. The fraction of sp³-hybridized carbons (Fsp3) is 0.200. The van der Waals surface area contributed by atoms with Gasteiger partial charge in [0.1, 0.15) is 11.6 Å². The molecule has 14 heteroatoms. The van der Waals surface area contributed by atoms with E-state index in [1.807, 2.05) is 24.3 Å². The van der Waals surface area contributed by atoms with Crippen LogP contribution in [0.25, 0.3) is 55.1 Å². The number of carbonyl (C=O) groups excluding carboxylic acids is 4. The normalized spacial score (nSPS) is 17.2.